The highest BCUT2D eigenvalue weighted by atomic mass is 32.2. The molecule has 2 N–H and O–H groups in total. The average Bonchev–Trinajstić information content (AvgIpc) is 3.35. The van der Waals surface area contributed by atoms with Gasteiger partial charge >= 0.3 is 0 Å². The number of rotatable bonds is 5. The third kappa shape index (κ3) is 3.88. The minimum Gasteiger partial charge on any atom is -0.337 e. The van der Waals surface area contributed by atoms with Crippen molar-refractivity contribution < 1.29 is 4.79 Å². The number of hydrogen-bond donors (Lipinski definition) is 1. The van der Waals surface area contributed by atoms with Crippen molar-refractivity contribution in [3.8, 4) is 11.3 Å². The number of nitrogen functional groups attached to an aromatic ring is 1. The summed E-state index contributed by atoms with van der Waals surface area (Å²) in [4.78, 5) is 17.0. The Labute approximate surface area is 161 Å². The van der Waals surface area contributed by atoms with E-state index in [9.17, 15) is 4.79 Å². The smallest absolute Gasteiger partial charge is 0.253 e. The molecular formula is C20H19N5OS. The lowest BCUT2D eigenvalue weighted by Gasteiger charge is -2.10. The van der Waals surface area contributed by atoms with E-state index in [1.165, 1.54) is 21.4 Å². The fraction of sp³-hybridized carbons (Fsp3) is 0.150. The number of hydrogen-bond acceptors (Lipinski definition) is 5. The van der Waals surface area contributed by atoms with Crippen molar-refractivity contribution in [1.29, 1.82) is 0 Å². The van der Waals surface area contributed by atoms with Crippen molar-refractivity contribution in [3.05, 3.63) is 72.4 Å². The standard InChI is InChI=1S/C20H19N5OS/c21-24-13-18(16-9-5-2-6-10-16)22-20(24)27-14-19(26)25-12-11-17(23-25)15-7-3-1-4-8-15/h1-10,13H,11-12,14,21H2. The summed E-state index contributed by atoms with van der Waals surface area (Å²) >= 11 is 1.32. The van der Waals surface area contributed by atoms with E-state index in [4.69, 9.17) is 5.84 Å². The van der Waals surface area contributed by atoms with Gasteiger partial charge in [-0.1, -0.05) is 72.4 Å². The number of thioether (sulfide) groups is 1. The van der Waals surface area contributed by atoms with Gasteiger partial charge in [0.1, 0.15) is 0 Å². The molecule has 3 aromatic rings. The fourth-order valence-corrected chi connectivity index (χ4v) is 3.67. The normalized spacial score (nSPS) is 13.6. The Morgan fingerprint density at radius 2 is 1.70 bits per heavy atom. The highest BCUT2D eigenvalue weighted by Gasteiger charge is 2.22. The van der Waals surface area contributed by atoms with Crippen LogP contribution in [-0.2, 0) is 4.79 Å². The molecule has 2 aromatic carbocycles. The molecule has 1 amide bonds. The van der Waals surface area contributed by atoms with Gasteiger partial charge in [0.15, 0.2) is 5.16 Å². The van der Waals surface area contributed by atoms with Crippen molar-refractivity contribution in [3.63, 3.8) is 0 Å². The Kier molecular flexibility index (Phi) is 4.93. The van der Waals surface area contributed by atoms with Gasteiger partial charge in [-0.05, 0) is 5.56 Å². The zero-order valence-electron chi connectivity index (χ0n) is 14.7. The minimum absolute atomic E-state index is 0.0461. The summed E-state index contributed by atoms with van der Waals surface area (Å²) in [5.74, 6) is 6.20. The number of hydrazone groups is 1. The Morgan fingerprint density at radius 3 is 2.41 bits per heavy atom. The van der Waals surface area contributed by atoms with Gasteiger partial charge in [0.25, 0.3) is 5.91 Å². The fourth-order valence-electron chi connectivity index (χ4n) is 2.90. The molecule has 1 aliphatic rings. The first-order valence-corrected chi connectivity index (χ1v) is 9.65. The molecule has 4 rings (SSSR count). The minimum atomic E-state index is -0.0461. The first kappa shape index (κ1) is 17.4. The van der Waals surface area contributed by atoms with Gasteiger partial charge in [-0.2, -0.15) is 5.10 Å². The van der Waals surface area contributed by atoms with Crippen LogP contribution < -0.4 is 5.84 Å². The summed E-state index contributed by atoms with van der Waals surface area (Å²) in [5.41, 5.74) is 3.79. The van der Waals surface area contributed by atoms with Crippen molar-refractivity contribution in [2.24, 2.45) is 5.10 Å². The molecule has 7 heteroatoms. The van der Waals surface area contributed by atoms with Gasteiger partial charge in [0.05, 0.1) is 29.9 Å². The van der Waals surface area contributed by atoms with E-state index in [0.29, 0.717) is 11.7 Å². The molecule has 0 atom stereocenters. The molecule has 0 unspecified atom stereocenters. The van der Waals surface area contributed by atoms with Crippen LogP contribution in [0.1, 0.15) is 12.0 Å². The summed E-state index contributed by atoms with van der Waals surface area (Å²) in [6.07, 6.45) is 2.54. The van der Waals surface area contributed by atoms with E-state index in [-0.39, 0.29) is 11.7 Å². The number of benzene rings is 2. The molecule has 1 aliphatic heterocycles. The molecule has 0 bridgehead atoms. The molecule has 0 aliphatic carbocycles. The highest BCUT2D eigenvalue weighted by Crippen LogP contribution is 2.23. The Hall–Kier alpha value is -3.06. The Bertz CT molecular complexity index is 969. The van der Waals surface area contributed by atoms with Crippen LogP contribution in [0.3, 0.4) is 0 Å². The summed E-state index contributed by atoms with van der Waals surface area (Å²) < 4.78 is 1.46. The van der Waals surface area contributed by atoms with Gasteiger partial charge in [-0.3, -0.25) is 4.79 Å². The number of amides is 1. The predicted molar refractivity (Wildman–Crippen MR) is 108 cm³/mol. The third-order valence-electron chi connectivity index (χ3n) is 4.29. The zero-order chi connectivity index (χ0) is 18.6. The molecule has 0 fully saturated rings. The number of imidazole rings is 1. The number of aromatic nitrogens is 2. The van der Waals surface area contributed by atoms with E-state index in [1.807, 2.05) is 60.7 Å². The van der Waals surface area contributed by atoms with Crippen molar-refractivity contribution in [1.82, 2.24) is 14.7 Å². The first-order chi connectivity index (χ1) is 13.2. The molecule has 6 nitrogen and oxygen atoms in total. The molecular weight excluding hydrogens is 358 g/mol. The topological polar surface area (TPSA) is 76.5 Å². The van der Waals surface area contributed by atoms with Crippen molar-refractivity contribution >= 4 is 23.4 Å². The van der Waals surface area contributed by atoms with Crippen molar-refractivity contribution in [2.45, 2.75) is 11.6 Å². The van der Waals surface area contributed by atoms with Crippen LogP contribution in [-0.4, -0.2) is 38.6 Å². The molecule has 0 spiro atoms. The van der Waals surface area contributed by atoms with Crippen LogP contribution in [0, 0.1) is 0 Å². The maximum Gasteiger partial charge on any atom is 0.253 e. The predicted octanol–water partition coefficient (Wildman–Crippen LogP) is 2.99. The Balaban J connectivity index is 1.40. The zero-order valence-corrected chi connectivity index (χ0v) is 15.5. The average molecular weight is 377 g/mol. The number of carbonyl (C=O) groups excluding carboxylic acids is 1. The lowest BCUT2D eigenvalue weighted by atomic mass is 10.1. The van der Waals surface area contributed by atoms with Crippen LogP contribution in [0.4, 0.5) is 0 Å². The molecule has 0 saturated heterocycles. The van der Waals surface area contributed by atoms with Crippen LogP contribution in [0.5, 0.6) is 0 Å². The Morgan fingerprint density at radius 1 is 1.04 bits per heavy atom. The van der Waals surface area contributed by atoms with Gasteiger partial charge in [-0.15, -0.1) is 0 Å². The van der Waals surface area contributed by atoms with Gasteiger partial charge in [0.2, 0.25) is 0 Å². The molecule has 2 heterocycles. The summed E-state index contributed by atoms with van der Waals surface area (Å²) in [6.45, 7) is 0.607. The lowest BCUT2D eigenvalue weighted by Crippen LogP contribution is -2.25. The molecule has 27 heavy (non-hydrogen) atoms. The SMILES string of the molecule is Nn1cc(-c2ccccc2)nc1SCC(=O)N1CCC(c2ccccc2)=N1. The van der Waals surface area contributed by atoms with E-state index in [0.717, 1.165) is 29.0 Å². The largest absolute Gasteiger partial charge is 0.337 e. The van der Waals surface area contributed by atoms with E-state index < -0.39 is 0 Å². The third-order valence-corrected chi connectivity index (χ3v) is 5.24. The van der Waals surface area contributed by atoms with E-state index in [2.05, 4.69) is 10.1 Å². The highest BCUT2D eigenvalue weighted by molar-refractivity contribution is 7.99. The van der Waals surface area contributed by atoms with Gasteiger partial charge < -0.3 is 5.84 Å². The van der Waals surface area contributed by atoms with E-state index in [1.54, 1.807) is 6.20 Å². The number of carbonyl (C=O) groups is 1. The van der Waals surface area contributed by atoms with Crippen LogP contribution in [0.15, 0.2) is 77.1 Å². The molecule has 0 radical (unpaired) electrons. The lowest BCUT2D eigenvalue weighted by molar-refractivity contribution is -0.127. The van der Waals surface area contributed by atoms with Crippen molar-refractivity contribution in [2.75, 3.05) is 18.1 Å². The first-order valence-electron chi connectivity index (χ1n) is 8.66. The van der Waals surface area contributed by atoms with Gasteiger partial charge in [0, 0.05) is 12.0 Å². The summed E-state index contributed by atoms with van der Waals surface area (Å²) in [6, 6.07) is 19.8. The van der Waals surface area contributed by atoms with Crippen LogP contribution in [0.25, 0.3) is 11.3 Å². The summed E-state index contributed by atoms with van der Waals surface area (Å²) in [5, 5.41) is 6.62. The molecule has 1 aromatic heterocycles. The maximum absolute atomic E-state index is 12.5. The van der Waals surface area contributed by atoms with Crippen LogP contribution >= 0.6 is 11.8 Å². The molecule has 0 saturated carbocycles. The second kappa shape index (κ2) is 7.67. The van der Waals surface area contributed by atoms with E-state index >= 15 is 0 Å². The van der Waals surface area contributed by atoms with Crippen LogP contribution in [0.2, 0.25) is 0 Å². The van der Waals surface area contributed by atoms with Gasteiger partial charge in [-0.25, -0.2) is 14.7 Å². The second-order valence-electron chi connectivity index (χ2n) is 6.15. The molecule has 136 valence electrons. The number of nitrogens with two attached hydrogens (primary N) is 1. The monoisotopic (exact) mass is 377 g/mol. The second-order valence-corrected chi connectivity index (χ2v) is 7.09. The number of nitrogens with zero attached hydrogens (tertiary/aromatic N) is 4. The quantitative estimate of drug-likeness (QED) is 0.548. The summed E-state index contributed by atoms with van der Waals surface area (Å²) in [7, 11) is 0. The maximum atomic E-state index is 12.5.